The first kappa shape index (κ1) is 29.9. The van der Waals surface area contributed by atoms with Gasteiger partial charge in [0.1, 0.15) is 0 Å². The number of para-hydroxylation sites is 1. The number of fused-ring (bicyclic) bond motifs is 12. The number of aromatic nitrogens is 2. The van der Waals surface area contributed by atoms with Gasteiger partial charge in [-0.1, -0.05) is 141 Å². The molecule has 250 valence electrons. The average molecular weight is 681 g/mol. The van der Waals surface area contributed by atoms with Gasteiger partial charge in [0.05, 0.1) is 11.4 Å². The highest BCUT2D eigenvalue weighted by Gasteiger charge is 2.39. The standard InChI is InChI=1S/C49H32N2O2/c1-49(2)39-21-11-10-19-36(39)45-40(49)25-26-44-47(45)53-43-22-12-20-37(46(43)52-44)42-28-41(50-48(51-42)29-13-4-3-5-14-29)30-23-24-35-33-17-7-6-15-31(33)32-16-8-9-18-34(32)38(35)27-30/h3-28H,1-2H3. The van der Waals surface area contributed by atoms with Crippen molar-refractivity contribution in [3.63, 3.8) is 0 Å². The van der Waals surface area contributed by atoms with E-state index in [1.165, 1.54) is 49.0 Å². The molecular weight excluding hydrogens is 649 g/mol. The minimum Gasteiger partial charge on any atom is -0.449 e. The first-order chi connectivity index (χ1) is 26.0. The summed E-state index contributed by atoms with van der Waals surface area (Å²) in [4.78, 5) is 10.4. The number of ether oxygens (including phenoxy) is 2. The van der Waals surface area contributed by atoms with Crippen LogP contribution in [0.5, 0.6) is 23.0 Å². The molecule has 4 nitrogen and oxygen atoms in total. The lowest BCUT2D eigenvalue weighted by atomic mass is 9.82. The summed E-state index contributed by atoms with van der Waals surface area (Å²) in [7, 11) is 0. The molecule has 0 N–H and O–H groups in total. The van der Waals surface area contributed by atoms with E-state index in [4.69, 9.17) is 19.4 Å². The molecule has 0 fully saturated rings. The molecule has 2 heterocycles. The minimum absolute atomic E-state index is 0.139. The smallest absolute Gasteiger partial charge is 0.179 e. The van der Waals surface area contributed by atoms with Crippen LogP contribution in [0.3, 0.4) is 0 Å². The van der Waals surface area contributed by atoms with E-state index in [0.29, 0.717) is 23.1 Å². The van der Waals surface area contributed by atoms with Crippen molar-refractivity contribution < 1.29 is 9.47 Å². The zero-order valence-electron chi connectivity index (χ0n) is 29.2. The number of hydrogen-bond acceptors (Lipinski definition) is 4. The van der Waals surface area contributed by atoms with E-state index in [2.05, 4.69) is 135 Å². The Hall–Kier alpha value is -6.78. The molecule has 2 aliphatic rings. The minimum atomic E-state index is -0.139. The lowest BCUT2D eigenvalue weighted by molar-refractivity contribution is 0.361. The van der Waals surface area contributed by atoms with Crippen LogP contribution in [0.2, 0.25) is 0 Å². The van der Waals surface area contributed by atoms with E-state index in [1.54, 1.807) is 0 Å². The van der Waals surface area contributed by atoms with E-state index < -0.39 is 0 Å². The van der Waals surface area contributed by atoms with E-state index >= 15 is 0 Å². The zero-order chi connectivity index (χ0) is 35.3. The lowest BCUT2D eigenvalue weighted by Gasteiger charge is -2.26. The summed E-state index contributed by atoms with van der Waals surface area (Å²) in [5.74, 6) is 3.41. The highest BCUT2D eigenvalue weighted by Crippen LogP contribution is 2.59. The Morgan fingerprint density at radius 3 is 1.79 bits per heavy atom. The molecule has 0 amide bonds. The SMILES string of the molecule is CC1(C)c2ccccc2-c2c1ccc1c2Oc2cccc(-c3cc(-c4ccc5c6ccccc6c6ccccc6c5c4)nc(-c4ccccc4)n3)c2O1. The molecule has 53 heavy (non-hydrogen) atoms. The predicted octanol–water partition coefficient (Wildman–Crippen LogP) is 13.1. The Morgan fingerprint density at radius 2 is 1.02 bits per heavy atom. The van der Waals surface area contributed by atoms with Crippen LogP contribution in [-0.2, 0) is 5.41 Å². The molecule has 1 aliphatic heterocycles. The third-order valence-corrected chi connectivity index (χ3v) is 11.1. The van der Waals surface area contributed by atoms with Gasteiger partial charge in [-0.25, -0.2) is 9.97 Å². The molecule has 8 aromatic carbocycles. The first-order valence-electron chi connectivity index (χ1n) is 18.1. The monoisotopic (exact) mass is 680 g/mol. The number of nitrogens with zero attached hydrogens (tertiary/aromatic N) is 2. The van der Waals surface area contributed by atoms with Crippen LogP contribution in [0.1, 0.15) is 25.0 Å². The molecular formula is C49H32N2O2. The Bertz CT molecular complexity index is 2950. The molecule has 0 atom stereocenters. The number of hydrogen-bond donors (Lipinski definition) is 0. The van der Waals surface area contributed by atoms with Crippen molar-refractivity contribution in [1.29, 1.82) is 0 Å². The van der Waals surface area contributed by atoms with Crippen LogP contribution in [0.4, 0.5) is 0 Å². The Kier molecular flexibility index (Phi) is 6.27. The number of benzene rings is 8. The van der Waals surface area contributed by atoms with Crippen LogP contribution >= 0.6 is 0 Å². The Labute approximate surface area is 307 Å². The summed E-state index contributed by atoms with van der Waals surface area (Å²) in [5, 5.41) is 7.38. The third kappa shape index (κ3) is 4.42. The van der Waals surface area contributed by atoms with Crippen LogP contribution in [-0.4, -0.2) is 9.97 Å². The maximum atomic E-state index is 6.82. The normalized spacial score (nSPS) is 13.5. The van der Waals surface area contributed by atoms with Crippen molar-refractivity contribution in [1.82, 2.24) is 9.97 Å². The highest BCUT2D eigenvalue weighted by atomic mass is 16.6. The van der Waals surface area contributed by atoms with Crippen LogP contribution in [0.25, 0.3) is 77.3 Å². The summed E-state index contributed by atoms with van der Waals surface area (Å²) in [6, 6.07) is 55.2. The van der Waals surface area contributed by atoms with E-state index in [0.717, 1.165) is 39.4 Å². The maximum Gasteiger partial charge on any atom is 0.179 e. The van der Waals surface area contributed by atoms with Crippen molar-refractivity contribution in [2.24, 2.45) is 0 Å². The van der Waals surface area contributed by atoms with Gasteiger partial charge in [0.25, 0.3) is 0 Å². The summed E-state index contributed by atoms with van der Waals surface area (Å²) in [5.41, 5.74) is 9.08. The van der Waals surface area contributed by atoms with Crippen molar-refractivity contribution in [2.75, 3.05) is 0 Å². The van der Waals surface area contributed by atoms with Gasteiger partial charge >= 0.3 is 0 Å². The summed E-state index contributed by atoms with van der Waals surface area (Å²) >= 11 is 0. The van der Waals surface area contributed by atoms with Crippen molar-refractivity contribution in [2.45, 2.75) is 19.3 Å². The first-order valence-corrected chi connectivity index (χ1v) is 18.1. The third-order valence-electron chi connectivity index (χ3n) is 11.1. The molecule has 0 radical (unpaired) electrons. The van der Waals surface area contributed by atoms with E-state index in [-0.39, 0.29) is 5.41 Å². The molecule has 1 aliphatic carbocycles. The van der Waals surface area contributed by atoms with Gasteiger partial charge in [0.15, 0.2) is 28.8 Å². The molecule has 4 heteroatoms. The van der Waals surface area contributed by atoms with Crippen molar-refractivity contribution in [3.05, 3.63) is 169 Å². The molecule has 0 spiro atoms. The van der Waals surface area contributed by atoms with Gasteiger partial charge in [0, 0.05) is 27.7 Å². The summed E-state index contributed by atoms with van der Waals surface area (Å²) in [6.07, 6.45) is 0. The summed E-state index contributed by atoms with van der Waals surface area (Å²) < 4.78 is 13.6. The lowest BCUT2D eigenvalue weighted by Crippen LogP contribution is -2.15. The van der Waals surface area contributed by atoms with Crippen LogP contribution in [0, 0.1) is 0 Å². The van der Waals surface area contributed by atoms with Gasteiger partial charge in [-0.3, -0.25) is 0 Å². The van der Waals surface area contributed by atoms with Crippen molar-refractivity contribution >= 4 is 32.3 Å². The fourth-order valence-corrected chi connectivity index (χ4v) is 8.56. The average Bonchev–Trinajstić information content (AvgIpc) is 3.46. The molecule has 0 saturated heterocycles. The fraction of sp³-hybridized carbons (Fsp3) is 0.0612. The van der Waals surface area contributed by atoms with Gasteiger partial charge in [0.2, 0.25) is 0 Å². The number of rotatable bonds is 3. The second kappa shape index (κ2) is 11.1. The fourth-order valence-electron chi connectivity index (χ4n) is 8.56. The Morgan fingerprint density at radius 1 is 0.415 bits per heavy atom. The topological polar surface area (TPSA) is 44.2 Å². The second-order valence-electron chi connectivity index (χ2n) is 14.5. The quantitative estimate of drug-likeness (QED) is 0.174. The van der Waals surface area contributed by atoms with Crippen LogP contribution < -0.4 is 9.47 Å². The van der Waals surface area contributed by atoms with Gasteiger partial charge in [-0.2, -0.15) is 0 Å². The van der Waals surface area contributed by atoms with E-state index in [9.17, 15) is 0 Å². The Balaban J connectivity index is 1.09. The molecule has 0 unspecified atom stereocenters. The van der Waals surface area contributed by atoms with Gasteiger partial charge in [-0.05, 0) is 79.3 Å². The van der Waals surface area contributed by atoms with Crippen molar-refractivity contribution in [3.8, 4) is 68.0 Å². The highest BCUT2D eigenvalue weighted by molar-refractivity contribution is 6.25. The molecule has 9 aromatic rings. The molecule has 11 rings (SSSR count). The predicted molar refractivity (Wildman–Crippen MR) is 215 cm³/mol. The molecule has 1 aromatic heterocycles. The maximum absolute atomic E-state index is 6.82. The molecule has 0 saturated carbocycles. The summed E-state index contributed by atoms with van der Waals surface area (Å²) in [6.45, 7) is 4.55. The zero-order valence-corrected chi connectivity index (χ0v) is 29.2. The molecule has 0 bridgehead atoms. The van der Waals surface area contributed by atoms with Crippen LogP contribution in [0.15, 0.2) is 158 Å². The second-order valence-corrected chi connectivity index (χ2v) is 14.5. The van der Waals surface area contributed by atoms with E-state index in [1.807, 2.05) is 36.4 Å². The van der Waals surface area contributed by atoms with Gasteiger partial charge < -0.3 is 9.47 Å². The van der Waals surface area contributed by atoms with Gasteiger partial charge in [-0.15, -0.1) is 0 Å². The largest absolute Gasteiger partial charge is 0.449 e.